The van der Waals surface area contributed by atoms with Crippen molar-refractivity contribution in [3.05, 3.63) is 173 Å². The van der Waals surface area contributed by atoms with Crippen LogP contribution < -0.4 is 0 Å². The molecule has 1 aliphatic rings. The highest BCUT2D eigenvalue weighted by Gasteiger charge is 2.37. The van der Waals surface area contributed by atoms with Crippen LogP contribution in [0.5, 0.6) is 0 Å². The fourth-order valence-corrected chi connectivity index (χ4v) is 6.92. The van der Waals surface area contributed by atoms with Gasteiger partial charge in [0.05, 0.1) is 11.0 Å². The Morgan fingerprint density at radius 1 is 0.652 bits per heavy atom. The summed E-state index contributed by atoms with van der Waals surface area (Å²) in [5.74, 6) is 0.650. The predicted octanol–water partition coefficient (Wildman–Crippen LogP) is 9.98. The Morgan fingerprint density at radius 3 is 2.17 bits per heavy atom. The standard InChI is InChI=1S/C42H32N4/c1-42(2)34-22-11-9-20-32(34)38-35(42)24-25-37-39(38)33-21-10-12-23-36(33)46(37)31-19-13-18-30(26-31)40(43)45-41(29-16-7-4-8-17-29)44-27-28-14-5-3-6-15-28/h3-27,43H,1-2H3/b43-40?,44-27+,45-41-. The molecule has 4 nitrogen and oxygen atoms in total. The molecule has 1 aromatic heterocycles. The van der Waals surface area contributed by atoms with Crippen molar-refractivity contribution in [2.75, 3.05) is 0 Å². The molecule has 1 aliphatic carbocycles. The number of para-hydroxylation sites is 1. The fraction of sp³-hybridized carbons (Fsp3) is 0.0714. The van der Waals surface area contributed by atoms with E-state index < -0.39 is 0 Å². The van der Waals surface area contributed by atoms with Crippen LogP contribution in [-0.4, -0.2) is 22.5 Å². The number of amidine groups is 2. The SMILES string of the molecule is CC1(C)c2ccccc2-c2c1ccc1c2c2ccccc2n1-c1cccc(C(=N)/N=C(\N=C\c2ccccc2)c2ccccc2)c1. The molecule has 4 heteroatoms. The van der Waals surface area contributed by atoms with E-state index in [0.29, 0.717) is 5.84 Å². The highest BCUT2D eigenvalue weighted by atomic mass is 15.0. The van der Waals surface area contributed by atoms with Crippen molar-refractivity contribution in [2.24, 2.45) is 9.98 Å². The second-order valence-electron chi connectivity index (χ2n) is 12.3. The average Bonchev–Trinajstić information content (AvgIpc) is 3.56. The Labute approximate surface area is 268 Å². The lowest BCUT2D eigenvalue weighted by atomic mass is 9.82. The highest BCUT2D eigenvalue weighted by Crippen LogP contribution is 2.53. The van der Waals surface area contributed by atoms with Crippen LogP contribution in [0, 0.1) is 5.41 Å². The summed E-state index contributed by atoms with van der Waals surface area (Å²) in [5, 5.41) is 11.6. The lowest BCUT2D eigenvalue weighted by Gasteiger charge is -2.21. The van der Waals surface area contributed by atoms with Gasteiger partial charge < -0.3 is 4.57 Å². The summed E-state index contributed by atoms with van der Waals surface area (Å²) < 4.78 is 2.32. The van der Waals surface area contributed by atoms with Gasteiger partial charge in [0.2, 0.25) is 0 Å². The molecular weight excluding hydrogens is 560 g/mol. The Bertz CT molecular complexity index is 2340. The van der Waals surface area contributed by atoms with Gasteiger partial charge in [0.1, 0.15) is 0 Å². The second kappa shape index (κ2) is 10.9. The number of hydrogen-bond acceptors (Lipinski definition) is 1. The van der Waals surface area contributed by atoms with E-state index in [0.717, 1.165) is 33.4 Å². The summed E-state index contributed by atoms with van der Waals surface area (Å²) in [6, 6.07) is 50.0. The third-order valence-electron chi connectivity index (χ3n) is 9.14. The molecule has 0 saturated carbocycles. The summed E-state index contributed by atoms with van der Waals surface area (Å²) in [5.41, 5.74) is 11.1. The van der Waals surface area contributed by atoms with Gasteiger partial charge in [-0.25, -0.2) is 9.98 Å². The first-order valence-electron chi connectivity index (χ1n) is 15.6. The Balaban J connectivity index is 1.27. The van der Waals surface area contributed by atoms with Gasteiger partial charge in [-0.3, -0.25) is 5.41 Å². The van der Waals surface area contributed by atoms with Gasteiger partial charge in [-0.15, -0.1) is 0 Å². The molecule has 6 aromatic carbocycles. The van der Waals surface area contributed by atoms with E-state index in [1.807, 2.05) is 72.8 Å². The lowest BCUT2D eigenvalue weighted by molar-refractivity contribution is 0.661. The van der Waals surface area contributed by atoms with E-state index in [4.69, 9.17) is 15.4 Å². The minimum atomic E-state index is -0.0736. The highest BCUT2D eigenvalue weighted by molar-refractivity contribution is 6.18. The van der Waals surface area contributed by atoms with Crippen LogP contribution in [-0.2, 0) is 5.41 Å². The van der Waals surface area contributed by atoms with Gasteiger partial charge in [-0.1, -0.05) is 135 Å². The molecule has 220 valence electrons. The third-order valence-corrected chi connectivity index (χ3v) is 9.14. The number of nitrogens with zero attached hydrogens (tertiary/aromatic N) is 3. The molecule has 0 fully saturated rings. The van der Waals surface area contributed by atoms with Crippen LogP contribution in [0.4, 0.5) is 0 Å². The lowest BCUT2D eigenvalue weighted by Crippen LogP contribution is -2.14. The van der Waals surface area contributed by atoms with Crippen molar-refractivity contribution in [3.8, 4) is 16.8 Å². The van der Waals surface area contributed by atoms with E-state index in [9.17, 15) is 0 Å². The maximum Gasteiger partial charge on any atom is 0.161 e. The van der Waals surface area contributed by atoms with Crippen LogP contribution in [0.2, 0.25) is 0 Å². The van der Waals surface area contributed by atoms with Crippen LogP contribution in [0.15, 0.2) is 156 Å². The van der Waals surface area contributed by atoms with Gasteiger partial charge in [0, 0.05) is 39.2 Å². The van der Waals surface area contributed by atoms with Crippen molar-refractivity contribution in [1.29, 1.82) is 5.41 Å². The zero-order valence-corrected chi connectivity index (χ0v) is 25.8. The van der Waals surface area contributed by atoms with E-state index in [-0.39, 0.29) is 11.3 Å². The number of nitrogens with one attached hydrogen (secondary N) is 1. The van der Waals surface area contributed by atoms with Crippen LogP contribution in [0.3, 0.4) is 0 Å². The monoisotopic (exact) mass is 592 g/mol. The molecule has 8 rings (SSSR count). The molecule has 0 spiro atoms. The van der Waals surface area contributed by atoms with Crippen molar-refractivity contribution < 1.29 is 0 Å². The third kappa shape index (κ3) is 4.50. The first-order valence-corrected chi connectivity index (χ1v) is 15.6. The minimum absolute atomic E-state index is 0.0736. The number of aromatic nitrogens is 1. The molecule has 7 aromatic rings. The Morgan fingerprint density at radius 2 is 1.35 bits per heavy atom. The largest absolute Gasteiger partial charge is 0.309 e. The molecule has 0 saturated heterocycles. The topological polar surface area (TPSA) is 53.5 Å². The van der Waals surface area contributed by atoms with E-state index in [1.54, 1.807) is 6.21 Å². The molecule has 0 aliphatic heterocycles. The van der Waals surface area contributed by atoms with Crippen molar-refractivity contribution in [2.45, 2.75) is 19.3 Å². The quantitative estimate of drug-likeness (QED) is 0.156. The molecule has 0 bridgehead atoms. The minimum Gasteiger partial charge on any atom is -0.309 e. The van der Waals surface area contributed by atoms with Gasteiger partial charge in [0.25, 0.3) is 0 Å². The molecular formula is C42H32N4. The number of hydrogen-bond donors (Lipinski definition) is 1. The number of benzene rings is 6. The molecule has 0 amide bonds. The van der Waals surface area contributed by atoms with Crippen LogP contribution in [0.25, 0.3) is 38.6 Å². The average molecular weight is 593 g/mol. The molecule has 1 N–H and O–H groups in total. The zero-order chi connectivity index (χ0) is 31.3. The Hall–Kier alpha value is -5.87. The van der Waals surface area contributed by atoms with Gasteiger partial charge in [0.15, 0.2) is 11.7 Å². The molecule has 0 radical (unpaired) electrons. The van der Waals surface area contributed by atoms with Gasteiger partial charge >= 0.3 is 0 Å². The first-order chi connectivity index (χ1) is 22.5. The summed E-state index contributed by atoms with van der Waals surface area (Å²) in [6.45, 7) is 4.65. The maximum atomic E-state index is 9.10. The van der Waals surface area contributed by atoms with Crippen LogP contribution >= 0.6 is 0 Å². The summed E-state index contributed by atoms with van der Waals surface area (Å²) >= 11 is 0. The fourth-order valence-electron chi connectivity index (χ4n) is 6.92. The molecule has 1 heterocycles. The molecule has 0 unspecified atom stereocenters. The van der Waals surface area contributed by atoms with Crippen molar-refractivity contribution >= 4 is 39.7 Å². The summed E-state index contributed by atoms with van der Waals surface area (Å²) in [7, 11) is 0. The van der Waals surface area contributed by atoms with Crippen molar-refractivity contribution in [1.82, 2.24) is 4.57 Å². The normalized spacial score (nSPS) is 13.7. The van der Waals surface area contributed by atoms with Gasteiger partial charge in [-0.05, 0) is 52.1 Å². The summed E-state index contributed by atoms with van der Waals surface area (Å²) in [4.78, 5) is 9.49. The Kier molecular flexibility index (Phi) is 6.58. The predicted molar refractivity (Wildman–Crippen MR) is 192 cm³/mol. The smallest absolute Gasteiger partial charge is 0.161 e. The van der Waals surface area contributed by atoms with E-state index >= 15 is 0 Å². The zero-order valence-electron chi connectivity index (χ0n) is 25.8. The van der Waals surface area contributed by atoms with Crippen molar-refractivity contribution in [3.63, 3.8) is 0 Å². The van der Waals surface area contributed by atoms with Crippen LogP contribution in [0.1, 0.15) is 41.7 Å². The van der Waals surface area contributed by atoms with Gasteiger partial charge in [-0.2, -0.15) is 0 Å². The number of rotatable bonds is 4. The van der Waals surface area contributed by atoms with E-state index in [2.05, 4.69) is 91.2 Å². The summed E-state index contributed by atoms with van der Waals surface area (Å²) in [6.07, 6.45) is 1.80. The molecule has 0 atom stereocenters. The van der Waals surface area contributed by atoms with E-state index in [1.165, 1.54) is 33.0 Å². The number of fused-ring (bicyclic) bond motifs is 7. The maximum absolute atomic E-state index is 9.10. The first kappa shape index (κ1) is 27.7. The number of aliphatic imine (C=N–C) groups is 2. The second-order valence-corrected chi connectivity index (χ2v) is 12.3. The molecule has 46 heavy (non-hydrogen) atoms.